The van der Waals surface area contributed by atoms with Gasteiger partial charge in [0.15, 0.2) is 0 Å². The average molecular weight is 312 g/mol. The molecule has 4 N–H and O–H groups in total. The van der Waals surface area contributed by atoms with Crippen molar-refractivity contribution in [2.24, 2.45) is 16.9 Å². The highest BCUT2D eigenvalue weighted by Gasteiger charge is 2.47. The van der Waals surface area contributed by atoms with Crippen LogP contribution in [0.5, 0.6) is 0 Å². The molecule has 4 heteroatoms. The van der Waals surface area contributed by atoms with Gasteiger partial charge in [-0.1, -0.05) is 63.2 Å². The molecule has 0 spiro atoms. The molecule has 122 valence electrons. The molecule has 0 fully saturated rings. The average Bonchev–Trinajstić information content (AvgIpc) is 2.51. The van der Waals surface area contributed by atoms with Gasteiger partial charge in [0, 0.05) is 11.8 Å². The SMILES string of the molecule is CC(C)(C(N)=O)C(C)(CCC(N)=O)c1cccc2ccccc12. The minimum atomic E-state index is -0.827. The van der Waals surface area contributed by atoms with Crippen LogP contribution in [0.2, 0.25) is 0 Å². The number of amides is 2. The van der Waals surface area contributed by atoms with E-state index in [4.69, 9.17) is 11.5 Å². The second-order valence-electron chi connectivity index (χ2n) is 6.81. The topological polar surface area (TPSA) is 86.2 Å². The Morgan fingerprint density at radius 2 is 1.57 bits per heavy atom. The molecule has 1 unspecified atom stereocenters. The summed E-state index contributed by atoms with van der Waals surface area (Å²) >= 11 is 0. The Morgan fingerprint density at radius 1 is 0.957 bits per heavy atom. The molecule has 0 aliphatic carbocycles. The van der Waals surface area contributed by atoms with Crippen LogP contribution < -0.4 is 11.5 Å². The third-order valence-corrected chi connectivity index (χ3v) is 5.25. The van der Waals surface area contributed by atoms with Crippen LogP contribution in [0, 0.1) is 5.41 Å². The van der Waals surface area contributed by atoms with Crippen molar-refractivity contribution in [2.45, 2.75) is 39.0 Å². The number of carbonyl (C=O) groups excluding carboxylic acids is 2. The first-order valence-corrected chi connectivity index (χ1v) is 7.76. The van der Waals surface area contributed by atoms with Crippen molar-refractivity contribution < 1.29 is 9.59 Å². The number of carbonyl (C=O) groups is 2. The molecule has 0 saturated heterocycles. The summed E-state index contributed by atoms with van der Waals surface area (Å²) in [4.78, 5) is 23.5. The molecule has 2 rings (SSSR count). The van der Waals surface area contributed by atoms with E-state index < -0.39 is 16.7 Å². The van der Waals surface area contributed by atoms with Crippen molar-refractivity contribution in [2.75, 3.05) is 0 Å². The third kappa shape index (κ3) is 2.93. The van der Waals surface area contributed by atoms with Gasteiger partial charge in [-0.05, 0) is 22.8 Å². The smallest absolute Gasteiger partial charge is 0.223 e. The molecule has 0 saturated carbocycles. The summed E-state index contributed by atoms with van der Waals surface area (Å²) in [5, 5.41) is 2.16. The van der Waals surface area contributed by atoms with Crippen molar-refractivity contribution in [3.63, 3.8) is 0 Å². The predicted octanol–water partition coefficient (Wildman–Crippen LogP) is 2.87. The van der Waals surface area contributed by atoms with E-state index in [1.54, 1.807) is 0 Å². The first kappa shape index (κ1) is 17.0. The number of hydrogen-bond donors (Lipinski definition) is 2. The highest BCUT2D eigenvalue weighted by molar-refractivity contribution is 5.89. The number of benzene rings is 2. The number of nitrogens with two attached hydrogens (primary N) is 2. The van der Waals surface area contributed by atoms with E-state index in [2.05, 4.69) is 0 Å². The summed E-state index contributed by atoms with van der Waals surface area (Å²) in [6.07, 6.45) is 0.669. The van der Waals surface area contributed by atoms with Crippen LogP contribution in [0.1, 0.15) is 39.2 Å². The fourth-order valence-corrected chi connectivity index (χ4v) is 3.14. The zero-order valence-corrected chi connectivity index (χ0v) is 13.9. The van der Waals surface area contributed by atoms with E-state index in [-0.39, 0.29) is 12.3 Å². The van der Waals surface area contributed by atoms with Crippen LogP contribution in [0.15, 0.2) is 42.5 Å². The van der Waals surface area contributed by atoms with Gasteiger partial charge in [0.2, 0.25) is 11.8 Å². The molecule has 0 aliphatic rings. The Labute approximate surface area is 136 Å². The summed E-state index contributed by atoms with van der Waals surface area (Å²) in [5.41, 5.74) is 10.6. The van der Waals surface area contributed by atoms with Crippen LogP contribution in [-0.2, 0) is 15.0 Å². The summed E-state index contributed by atoms with van der Waals surface area (Å²) in [7, 11) is 0. The molecule has 0 radical (unpaired) electrons. The summed E-state index contributed by atoms with van der Waals surface area (Å²) in [6, 6.07) is 14.0. The Bertz CT molecular complexity index is 747. The van der Waals surface area contributed by atoms with E-state index in [9.17, 15) is 9.59 Å². The van der Waals surface area contributed by atoms with Gasteiger partial charge in [0.1, 0.15) is 0 Å². The van der Waals surface area contributed by atoms with Crippen molar-refractivity contribution >= 4 is 22.6 Å². The maximum atomic E-state index is 12.1. The number of hydrogen-bond acceptors (Lipinski definition) is 2. The predicted molar refractivity (Wildman–Crippen MR) is 92.7 cm³/mol. The molecule has 2 amide bonds. The zero-order chi connectivity index (χ0) is 17.3. The molecule has 23 heavy (non-hydrogen) atoms. The van der Waals surface area contributed by atoms with Gasteiger partial charge < -0.3 is 11.5 Å². The molecule has 2 aromatic rings. The Hall–Kier alpha value is -2.36. The van der Waals surface area contributed by atoms with E-state index in [0.29, 0.717) is 6.42 Å². The lowest BCUT2D eigenvalue weighted by Gasteiger charge is -2.43. The number of rotatable bonds is 6. The minimum Gasteiger partial charge on any atom is -0.370 e. The van der Waals surface area contributed by atoms with Gasteiger partial charge >= 0.3 is 0 Å². The summed E-state index contributed by atoms with van der Waals surface area (Å²) in [5.74, 6) is -0.769. The normalized spacial score (nSPS) is 14.4. The number of fused-ring (bicyclic) bond motifs is 1. The maximum absolute atomic E-state index is 12.1. The Balaban J connectivity index is 2.70. The second kappa shape index (κ2) is 6.03. The van der Waals surface area contributed by atoms with Gasteiger partial charge in [-0.25, -0.2) is 0 Å². The maximum Gasteiger partial charge on any atom is 0.223 e. The van der Waals surface area contributed by atoms with Crippen molar-refractivity contribution in [3.8, 4) is 0 Å². The van der Waals surface area contributed by atoms with Gasteiger partial charge in [0.05, 0.1) is 5.41 Å². The van der Waals surface area contributed by atoms with Crippen LogP contribution in [0.4, 0.5) is 0 Å². The van der Waals surface area contributed by atoms with Crippen molar-refractivity contribution in [1.29, 1.82) is 0 Å². The van der Waals surface area contributed by atoms with E-state index >= 15 is 0 Å². The fraction of sp³-hybridized carbons (Fsp3) is 0.368. The Morgan fingerprint density at radius 3 is 2.17 bits per heavy atom. The van der Waals surface area contributed by atoms with Crippen molar-refractivity contribution in [1.82, 2.24) is 0 Å². The molecular formula is C19H24N2O2. The van der Waals surface area contributed by atoms with Crippen LogP contribution in [0.25, 0.3) is 10.8 Å². The quantitative estimate of drug-likeness (QED) is 0.859. The van der Waals surface area contributed by atoms with Crippen molar-refractivity contribution in [3.05, 3.63) is 48.0 Å². The van der Waals surface area contributed by atoms with Gasteiger partial charge in [-0.2, -0.15) is 0 Å². The number of primary amides is 2. The molecule has 1 atom stereocenters. The second-order valence-corrected chi connectivity index (χ2v) is 6.81. The van der Waals surface area contributed by atoms with Gasteiger partial charge in [-0.15, -0.1) is 0 Å². The van der Waals surface area contributed by atoms with E-state index in [0.717, 1.165) is 16.3 Å². The van der Waals surface area contributed by atoms with Gasteiger partial charge in [0.25, 0.3) is 0 Å². The lowest BCUT2D eigenvalue weighted by atomic mass is 9.59. The molecule has 0 heterocycles. The standard InChI is InChI=1S/C19H24N2O2/c1-18(2,17(21)23)19(3,12-11-16(20)22)15-10-6-8-13-7-4-5-9-14(13)15/h4-10H,11-12H2,1-3H3,(H2,20,22)(H2,21,23). The molecule has 0 aliphatic heterocycles. The summed E-state index contributed by atoms with van der Waals surface area (Å²) < 4.78 is 0. The molecule has 0 bridgehead atoms. The molecular weight excluding hydrogens is 288 g/mol. The van der Waals surface area contributed by atoms with E-state index in [1.165, 1.54) is 0 Å². The Kier molecular flexibility index (Phi) is 4.46. The molecule has 4 nitrogen and oxygen atoms in total. The highest BCUT2D eigenvalue weighted by atomic mass is 16.1. The lowest BCUT2D eigenvalue weighted by Crippen LogP contribution is -2.48. The third-order valence-electron chi connectivity index (χ3n) is 5.25. The lowest BCUT2D eigenvalue weighted by molar-refractivity contribution is -0.130. The highest BCUT2D eigenvalue weighted by Crippen LogP contribution is 2.47. The van der Waals surface area contributed by atoms with Gasteiger partial charge in [-0.3, -0.25) is 9.59 Å². The largest absolute Gasteiger partial charge is 0.370 e. The fourth-order valence-electron chi connectivity index (χ4n) is 3.14. The van der Waals surface area contributed by atoms with Crippen LogP contribution in [-0.4, -0.2) is 11.8 Å². The first-order valence-electron chi connectivity index (χ1n) is 7.76. The first-order chi connectivity index (χ1) is 10.7. The van der Waals surface area contributed by atoms with Crippen LogP contribution >= 0.6 is 0 Å². The van der Waals surface area contributed by atoms with Crippen LogP contribution in [0.3, 0.4) is 0 Å². The summed E-state index contributed by atoms with van der Waals surface area (Å²) in [6.45, 7) is 5.65. The zero-order valence-electron chi connectivity index (χ0n) is 13.9. The minimum absolute atomic E-state index is 0.205. The van der Waals surface area contributed by atoms with E-state index in [1.807, 2.05) is 63.2 Å². The molecule has 2 aromatic carbocycles. The molecule has 0 aromatic heterocycles. The monoisotopic (exact) mass is 312 g/mol.